The van der Waals surface area contributed by atoms with Gasteiger partial charge in [0.1, 0.15) is 12.4 Å². The summed E-state index contributed by atoms with van der Waals surface area (Å²) in [5, 5.41) is 12.8. The molecule has 0 saturated heterocycles. The Labute approximate surface area is 128 Å². The molecule has 0 aliphatic carbocycles. The van der Waals surface area contributed by atoms with Crippen molar-refractivity contribution in [1.29, 1.82) is 0 Å². The number of hydrogen-bond donors (Lipinski definition) is 2. The van der Waals surface area contributed by atoms with E-state index in [2.05, 4.69) is 5.32 Å². The largest absolute Gasteiger partial charge is 0.492 e. The fraction of sp³-hybridized carbons (Fsp3) is 0.188. The minimum Gasteiger partial charge on any atom is -0.492 e. The Morgan fingerprint density at radius 2 is 1.95 bits per heavy atom. The van der Waals surface area contributed by atoms with Crippen molar-refractivity contribution in [2.75, 3.05) is 18.5 Å². The molecule has 0 aromatic heterocycles. The molecule has 0 aliphatic rings. The summed E-state index contributed by atoms with van der Waals surface area (Å²) in [6, 6.07) is 12.0. The molecular formula is C16H16ClNO3. The highest BCUT2D eigenvalue weighted by molar-refractivity contribution is 6.31. The second-order valence-corrected chi connectivity index (χ2v) is 4.92. The topological polar surface area (TPSA) is 58.6 Å². The molecule has 2 N–H and O–H groups in total. The van der Waals surface area contributed by atoms with Gasteiger partial charge in [-0.2, -0.15) is 0 Å². The van der Waals surface area contributed by atoms with E-state index in [-0.39, 0.29) is 5.56 Å². The maximum atomic E-state index is 10.7. The molecule has 2 rings (SSSR count). The van der Waals surface area contributed by atoms with E-state index >= 15 is 0 Å². The van der Waals surface area contributed by atoms with Crippen molar-refractivity contribution < 1.29 is 14.6 Å². The van der Waals surface area contributed by atoms with Crippen molar-refractivity contribution >= 4 is 23.3 Å². The van der Waals surface area contributed by atoms with Gasteiger partial charge in [0.25, 0.3) is 0 Å². The normalized spacial score (nSPS) is 10.2. The highest BCUT2D eigenvalue weighted by Gasteiger charge is 2.03. The number of carboxylic acids is 1. The van der Waals surface area contributed by atoms with Crippen LogP contribution in [-0.2, 0) is 0 Å². The molecule has 2 aromatic rings. The molecule has 110 valence electrons. The van der Waals surface area contributed by atoms with Gasteiger partial charge in [-0.1, -0.05) is 17.7 Å². The fourth-order valence-electron chi connectivity index (χ4n) is 1.85. The molecule has 0 radical (unpaired) electrons. The Balaban J connectivity index is 1.82. The zero-order valence-electron chi connectivity index (χ0n) is 11.6. The fourth-order valence-corrected chi connectivity index (χ4v) is 2.02. The molecule has 5 heteroatoms. The van der Waals surface area contributed by atoms with Crippen molar-refractivity contribution in [3.63, 3.8) is 0 Å². The minimum absolute atomic E-state index is 0.245. The molecule has 0 amide bonds. The minimum atomic E-state index is -0.945. The summed E-state index contributed by atoms with van der Waals surface area (Å²) in [4.78, 5) is 10.7. The first kappa shape index (κ1) is 15.2. The third-order valence-electron chi connectivity index (χ3n) is 3.06. The maximum absolute atomic E-state index is 10.7. The smallest absolute Gasteiger partial charge is 0.335 e. The van der Waals surface area contributed by atoms with Crippen LogP contribution in [0.4, 0.5) is 5.69 Å². The van der Waals surface area contributed by atoms with Gasteiger partial charge in [-0.25, -0.2) is 4.79 Å². The van der Waals surface area contributed by atoms with Crippen LogP contribution >= 0.6 is 11.6 Å². The quantitative estimate of drug-likeness (QED) is 0.796. The van der Waals surface area contributed by atoms with E-state index < -0.39 is 5.97 Å². The lowest BCUT2D eigenvalue weighted by Crippen LogP contribution is -2.12. The first-order valence-corrected chi connectivity index (χ1v) is 6.91. The highest BCUT2D eigenvalue weighted by atomic mass is 35.5. The van der Waals surface area contributed by atoms with E-state index in [0.29, 0.717) is 18.9 Å². The van der Waals surface area contributed by atoms with Crippen LogP contribution < -0.4 is 10.1 Å². The number of ether oxygens (including phenoxy) is 1. The third-order valence-corrected chi connectivity index (χ3v) is 3.46. The number of benzene rings is 2. The number of rotatable bonds is 6. The molecule has 0 spiro atoms. The van der Waals surface area contributed by atoms with Crippen LogP contribution in [0.2, 0.25) is 5.02 Å². The molecule has 0 aliphatic heterocycles. The zero-order valence-corrected chi connectivity index (χ0v) is 12.4. The van der Waals surface area contributed by atoms with Crippen LogP contribution in [0.3, 0.4) is 0 Å². The lowest BCUT2D eigenvalue weighted by atomic mass is 10.2. The predicted molar refractivity (Wildman–Crippen MR) is 83.6 cm³/mol. The van der Waals surface area contributed by atoms with E-state index in [9.17, 15) is 4.79 Å². The summed E-state index contributed by atoms with van der Waals surface area (Å²) in [5.74, 6) is -0.302. The van der Waals surface area contributed by atoms with Crippen LogP contribution in [0.1, 0.15) is 15.9 Å². The van der Waals surface area contributed by atoms with Crippen molar-refractivity contribution in [2.45, 2.75) is 6.92 Å². The van der Waals surface area contributed by atoms with Crippen LogP contribution in [0.5, 0.6) is 5.75 Å². The monoisotopic (exact) mass is 305 g/mol. The van der Waals surface area contributed by atoms with Crippen LogP contribution in [-0.4, -0.2) is 24.2 Å². The summed E-state index contributed by atoms with van der Waals surface area (Å²) >= 11 is 6.04. The van der Waals surface area contributed by atoms with Gasteiger partial charge in [-0.3, -0.25) is 0 Å². The summed E-state index contributed by atoms with van der Waals surface area (Å²) in [6.07, 6.45) is 0. The van der Waals surface area contributed by atoms with Crippen LogP contribution in [0, 0.1) is 6.92 Å². The second kappa shape index (κ2) is 6.99. The van der Waals surface area contributed by atoms with Gasteiger partial charge in [-0.05, 0) is 48.9 Å². The molecule has 0 atom stereocenters. The SMILES string of the molecule is Cc1c(Cl)cccc1NCCOc1ccc(C(=O)O)cc1. The number of carbonyl (C=O) groups is 1. The Morgan fingerprint density at radius 3 is 2.62 bits per heavy atom. The van der Waals surface area contributed by atoms with Crippen molar-refractivity contribution in [1.82, 2.24) is 0 Å². The van der Waals surface area contributed by atoms with Gasteiger partial charge in [0.15, 0.2) is 0 Å². The number of nitrogens with one attached hydrogen (secondary N) is 1. The summed E-state index contributed by atoms with van der Waals surface area (Å²) in [5.41, 5.74) is 2.23. The molecule has 0 heterocycles. The Hall–Kier alpha value is -2.20. The molecule has 0 saturated carbocycles. The number of aromatic carboxylic acids is 1. The maximum Gasteiger partial charge on any atom is 0.335 e. The van der Waals surface area contributed by atoms with E-state index in [1.165, 1.54) is 12.1 Å². The van der Waals surface area contributed by atoms with E-state index in [1.54, 1.807) is 12.1 Å². The van der Waals surface area contributed by atoms with Crippen molar-refractivity contribution in [3.8, 4) is 5.75 Å². The Morgan fingerprint density at radius 1 is 1.24 bits per heavy atom. The van der Waals surface area contributed by atoms with Gasteiger partial charge in [0.2, 0.25) is 0 Å². The summed E-state index contributed by atoms with van der Waals surface area (Å²) in [6.45, 7) is 3.05. The molecule has 2 aromatic carbocycles. The third kappa shape index (κ3) is 4.13. The average molecular weight is 306 g/mol. The average Bonchev–Trinajstić information content (AvgIpc) is 2.48. The molecule has 0 fully saturated rings. The standard InChI is InChI=1S/C16H16ClNO3/c1-11-14(17)3-2-4-15(11)18-9-10-21-13-7-5-12(6-8-13)16(19)20/h2-8,18H,9-10H2,1H3,(H,19,20). The first-order chi connectivity index (χ1) is 10.1. The molecule has 4 nitrogen and oxygen atoms in total. The second-order valence-electron chi connectivity index (χ2n) is 4.52. The zero-order chi connectivity index (χ0) is 15.2. The van der Waals surface area contributed by atoms with Crippen molar-refractivity contribution in [3.05, 3.63) is 58.6 Å². The van der Waals surface area contributed by atoms with Gasteiger partial charge in [0, 0.05) is 17.3 Å². The molecular weight excluding hydrogens is 290 g/mol. The lowest BCUT2D eigenvalue weighted by Gasteiger charge is -2.11. The van der Waals surface area contributed by atoms with E-state index in [4.69, 9.17) is 21.4 Å². The van der Waals surface area contributed by atoms with Gasteiger partial charge in [-0.15, -0.1) is 0 Å². The number of anilines is 1. The lowest BCUT2D eigenvalue weighted by molar-refractivity contribution is 0.0697. The first-order valence-electron chi connectivity index (χ1n) is 6.53. The Kier molecular flexibility index (Phi) is 5.06. The summed E-state index contributed by atoms with van der Waals surface area (Å²) < 4.78 is 5.54. The highest BCUT2D eigenvalue weighted by Crippen LogP contribution is 2.22. The molecule has 0 unspecified atom stereocenters. The van der Waals surface area contributed by atoms with Crippen LogP contribution in [0.15, 0.2) is 42.5 Å². The molecule has 21 heavy (non-hydrogen) atoms. The number of hydrogen-bond acceptors (Lipinski definition) is 3. The Bertz CT molecular complexity index is 626. The molecule has 0 bridgehead atoms. The number of halogens is 1. The van der Waals surface area contributed by atoms with E-state index in [0.717, 1.165) is 16.3 Å². The van der Waals surface area contributed by atoms with Gasteiger partial charge < -0.3 is 15.2 Å². The van der Waals surface area contributed by atoms with Gasteiger partial charge >= 0.3 is 5.97 Å². The van der Waals surface area contributed by atoms with Crippen molar-refractivity contribution in [2.24, 2.45) is 0 Å². The van der Waals surface area contributed by atoms with E-state index in [1.807, 2.05) is 25.1 Å². The number of carboxylic acid groups (broad SMARTS) is 1. The summed E-state index contributed by atoms with van der Waals surface area (Å²) in [7, 11) is 0. The van der Waals surface area contributed by atoms with Crippen LogP contribution in [0.25, 0.3) is 0 Å². The van der Waals surface area contributed by atoms with Gasteiger partial charge in [0.05, 0.1) is 5.56 Å². The predicted octanol–water partition coefficient (Wildman–Crippen LogP) is 3.84.